The topological polar surface area (TPSA) is 32.3 Å². The van der Waals surface area contributed by atoms with Crippen LogP contribution in [-0.4, -0.2) is 23.3 Å². The Morgan fingerprint density at radius 2 is 1.84 bits per heavy atom. The largest absolute Gasteiger partial charge is 0.390 e. The van der Waals surface area contributed by atoms with Crippen LogP contribution in [0.5, 0.6) is 0 Å². The second kappa shape index (κ2) is 6.53. The summed E-state index contributed by atoms with van der Waals surface area (Å²) >= 11 is 0. The van der Waals surface area contributed by atoms with Gasteiger partial charge in [0.1, 0.15) is 0 Å². The van der Waals surface area contributed by atoms with Gasteiger partial charge in [0.05, 0.1) is 5.60 Å². The zero-order valence-electron chi connectivity index (χ0n) is 12.3. The van der Waals surface area contributed by atoms with Gasteiger partial charge in [-0.3, -0.25) is 0 Å². The molecule has 19 heavy (non-hydrogen) atoms. The van der Waals surface area contributed by atoms with Crippen molar-refractivity contribution in [2.24, 2.45) is 0 Å². The van der Waals surface area contributed by atoms with Gasteiger partial charge in [0.15, 0.2) is 0 Å². The number of piperidine rings is 1. The van der Waals surface area contributed by atoms with Crippen LogP contribution in [0.25, 0.3) is 0 Å². The van der Waals surface area contributed by atoms with Gasteiger partial charge >= 0.3 is 0 Å². The fourth-order valence-electron chi connectivity index (χ4n) is 2.67. The first-order valence-electron chi connectivity index (χ1n) is 7.56. The number of hydrogen-bond donors (Lipinski definition) is 2. The maximum atomic E-state index is 9.74. The first kappa shape index (κ1) is 14.5. The summed E-state index contributed by atoms with van der Waals surface area (Å²) in [5, 5.41) is 13.3. The van der Waals surface area contributed by atoms with Crippen molar-refractivity contribution in [2.45, 2.75) is 64.0 Å². The van der Waals surface area contributed by atoms with E-state index in [0.29, 0.717) is 6.04 Å². The predicted molar refractivity (Wildman–Crippen MR) is 80.4 cm³/mol. The van der Waals surface area contributed by atoms with Gasteiger partial charge in [-0.1, -0.05) is 30.7 Å². The SMILES string of the molecule is CC(C)(O)CCc1ccc(CC2CCCCN2)cc1. The van der Waals surface area contributed by atoms with E-state index in [1.807, 2.05) is 13.8 Å². The van der Waals surface area contributed by atoms with Gasteiger partial charge in [0, 0.05) is 6.04 Å². The van der Waals surface area contributed by atoms with Crippen LogP contribution in [0.1, 0.15) is 50.7 Å². The fraction of sp³-hybridized carbons (Fsp3) is 0.647. The molecule has 1 aliphatic rings. The average Bonchev–Trinajstić information content (AvgIpc) is 2.38. The quantitative estimate of drug-likeness (QED) is 0.854. The zero-order chi connectivity index (χ0) is 13.7. The first-order valence-corrected chi connectivity index (χ1v) is 7.56. The molecule has 1 aromatic rings. The maximum Gasteiger partial charge on any atom is 0.0594 e. The van der Waals surface area contributed by atoms with E-state index in [1.54, 1.807) is 0 Å². The summed E-state index contributed by atoms with van der Waals surface area (Å²) in [7, 11) is 0. The van der Waals surface area contributed by atoms with Crippen molar-refractivity contribution >= 4 is 0 Å². The fourth-order valence-corrected chi connectivity index (χ4v) is 2.67. The lowest BCUT2D eigenvalue weighted by molar-refractivity contribution is 0.0714. The number of aliphatic hydroxyl groups is 1. The van der Waals surface area contributed by atoms with Crippen molar-refractivity contribution in [1.29, 1.82) is 0 Å². The Labute approximate surface area is 117 Å². The van der Waals surface area contributed by atoms with Gasteiger partial charge in [0.25, 0.3) is 0 Å². The Kier molecular flexibility index (Phi) is 5.00. The van der Waals surface area contributed by atoms with Gasteiger partial charge in [-0.25, -0.2) is 0 Å². The molecule has 0 aliphatic carbocycles. The molecule has 1 saturated heterocycles. The molecule has 1 aliphatic heterocycles. The third kappa shape index (κ3) is 5.33. The highest BCUT2D eigenvalue weighted by Crippen LogP contribution is 2.16. The van der Waals surface area contributed by atoms with Gasteiger partial charge < -0.3 is 10.4 Å². The molecule has 0 aromatic heterocycles. The highest BCUT2D eigenvalue weighted by molar-refractivity contribution is 5.23. The molecule has 0 amide bonds. The second-order valence-electron chi connectivity index (χ2n) is 6.48. The summed E-state index contributed by atoms with van der Waals surface area (Å²) in [5.41, 5.74) is 2.18. The van der Waals surface area contributed by atoms with Crippen LogP contribution in [-0.2, 0) is 12.8 Å². The number of benzene rings is 1. The summed E-state index contributed by atoms with van der Waals surface area (Å²) in [4.78, 5) is 0. The van der Waals surface area contributed by atoms with Crippen LogP contribution < -0.4 is 5.32 Å². The van der Waals surface area contributed by atoms with E-state index >= 15 is 0 Å². The van der Waals surface area contributed by atoms with Gasteiger partial charge in [0.2, 0.25) is 0 Å². The standard InChI is InChI=1S/C17H27NO/c1-17(2,19)11-10-14-6-8-15(9-7-14)13-16-5-3-4-12-18-16/h6-9,16,18-19H,3-5,10-13H2,1-2H3. The molecular weight excluding hydrogens is 234 g/mol. The highest BCUT2D eigenvalue weighted by Gasteiger charge is 2.14. The Morgan fingerprint density at radius 3 is 2.42 bits per heavy atom. The van der Waals surface area contributed by atoms with Crippen LogP contribution in [0.4, 0.5) is 0 Å². The van der Waals surface area contributed by atoms with E-state index in [-0.39, 0.29) is 0 Å². The van der Waals surface area contributed by atoms with E-state index in [4.69, 9.17) is 0 Å². The molecule has 0 spiro atoms. The van der Waals surface area contributed by atoms with Crippen LogP contribution >= 0.6 is 0 Å². The van der Waals surface area contributed by atoms with E-state index < -0.39 is 5.60 Å². The molecule has 1 atom stereocenters. The first-order chi connectivity index (χ1) is 9.03. The lowest BCUT2D eigenvalue weighted by Gasteiger charge is -2.23. The third-order valence-corrected chi connectivity index (χ3v) is 3.94. The van der Waals surface area contributed by atoms with Crippen molar-refractivity contribution in [3.05, 3.63) is 35.4 Å². The Morgan fingerprint density at radius 1 is 1.16 bits per heavy atom. The Balaban J connectivity index is 1.83. The summed E-state index contributed by atoms with van der Waals surface area (Å²) in [6, 6.07) is 9.58. The van der Waals surface area contributed by atoms with Crippen molar-refractivity contribution in [3.63, 3.8) is 0 Å². The van der Waals surface area contributed by atoms with Crippen molar-refractivity contribution < 1.29 is 5.11 Å². The normalized spacial score (nSPS) is 20.5. The summed E-state index contributed by atoms with van der Waals surface area (Å²) in [6.07, 6.45) is 6.90. The molecule has 0 saturated carbocycles. The molecule has 2 heteroatoms. The van der Waals surface area contributed by atoms with Crippen molar-refractivity contribution in [1.82, 2.24) is 5.32 Å². The third-order valence-electron chi connectivity index (χ3n) is 3.94. The minimum atomic E-state index is -0.565. The average molecular weight is 261 g/mol. The Hall–Kier alpha value is -0.860. The number of nitrogens with one attached hydrogen (secondary N) is 1. The second-order valence-corrected chi connectivity index (χ2v) is 6.48. The molecule has 1 unspecified atom stereocenters. The summed E-state index contributed by atoms with van der Waals surface area (Å²) < 4.78 is 0. The van der Waals surface area contributed by atoms with E-state index in [2.05, 4.69) is 29.6 Å². The molecule has 2 nitrogen and oxygen atoms in total. The minimum absolute atomic E-state index is 0.565. The van der Waals surface area contributed by atoms with Crippen molar-refractivity contribution in [3.8, 4) is 0 Å². The maximum absolute atomic E-state index is 9.74. The molecule has 2 rings (SSSR count). The number of hydrogen-bond acceptors (Lipinski definition) is 2. The highest BCUT2D eigenvalue weighted by atomic mass is 16.3. The lowest BCUT2D eigenvalue weighted by atomic mass is 9.95. The van der Waals surface area contributed by atoms with E-state index in [0.717, 1.165) is 19.3 Å². The van der Waals surface area contributed by atoms with E-state index in [9.17, 15) is 5.11 Å². The number of aryl methyl sites for hydroxylation is 1. The van der Waals surface area contributed by atoms with Gasteiger partial charge in [-0.2, -0.15) is 0 Å². The molecule has 0 radical (unpaired) electrons. The molecular formula is C17H27NO. The van der Waals surface area contributed by atoms with Crippen LogP contribution in [0, 0.1) is 0 Å². The Bertz CT molecular complexity index is 371. The minimum Gasteiger partial charge on any atom is -0.390 e. The zero-order valence-corrected chi connectivity index (χ0v) is 12.3. The van der Waals surface area contributed by atoms with Crippen LogP contribution in [0.15, 0.2) is 24.3 Å². The van der Waals surface area contributed by atoms with Gasteiger partial charge in [-0.05, 0) is 63.6 Å². The monoisotopic (exact) mass is 261 g/mol. The van der Waals surface area contributed by atoms with Crippen molar-refractivity contribution in [2.75, 3.05) is 6.54 Å². The molecule has 1 fully saturated rings. The summed E-state index contributed by atoms with van der Waals surface area (Å²) in [5.74, 6) is 0. The number of rotatable bonds is 5. The van der Waals surface area contributed by atoms with E-state index in [1.165, 1.54) is 36.9 Å². The van der Waals surface area contributed by atoms with Gasteiger partial charge in [-0.15, -0.1) is 0 Å². The molecule has 1 aromatic carbocycles. The molecule has 106 valence electrons. The lowest BCUT2D eigenvalue weighted by Crippen LogP contribution is -2.35. The molecule has 1 heterocycles. The smallest absolute Gasteiger partial charge is 0.0594 e. The predicted octanol–water partition coefficient (Wildman–Crippen LogP) is 3.07. The molecule has 0 bridgehead atoms. The van der Waals surface area contributed by atoms with Crippen LogP contribution in [0.3, 0.4) is 0 Å². The summed E-state index contributed by atoms with van der Waals surface area (Å²) in [6.45, 7) is 4.92. The van der Waals surface area contributed by atoms with Crippen LogP contribution in [0.2, 0.25) is 0 Å². The molecule has 2 N–H and O–H groups in total.